The van der Waals surface area contributed by atoms with Gasteiger partial charge in [-0.2, -0.15) is 0 Å². The molecule has 3 aromatic rings. The Labute approximate surface area is 174 Å². The highest BCUT2D eigenvalue weighted by atomic mass is 16.5. The monoisotopic (exact) mass is 393 g/mol. The van der Waals surface area contributed by atoms with E-state index < -0.39 is 0 Å². The number of aromatic nitrogens is 1. The van der Waals surface area contributed by atoms with Gasteiger partial charge in [-0.3, -0.25) is 0 Å². The van der Waals surface area contributed by atoms with Gasteiger partial charge in [0.05, 0.1) is 12.3 Å². The average Bonchev–Trinajstić information content (AvgIpc) is 3.15. The van der Waals surface area contributed by atoms with Crippen molar-refractivity contribution >= 4 is 0 Å². The number of nitrogens with zero attached hydrogens (tertiary/aromatic N) is 1. The summed E-state index contributed by atoms with van der Waals surface area (Å²) in [5, 5.41) is 10.7. The number of ether oxygens (including phenoxy) is 1. The molecule has 0 bridgehead atoms. The Morgan fingerprint density at radius 2 is 1.76 bits per heavy atom. The predicted molar refractivity (Wildman–Crippen MR) is 117 cm³/mol. The van der Waals surface area contributed by atoms with Gasteiger partial charge in [-0.15, -0.1) is 0 Å². The fourth-order valence-electron chi connectivity index (χ4n) is 3.79. The molecule has 1 aromatic heterocycles. The van der Waals surface area contributed by atoms with Crippen LogP contribution in [-0.2, 0) is 24.2 Å². The van der Waals surface area contributed by atoms with Gasteiger partial charge in [0.2, 0.25) is 0 Å². The number of benzene rings is 2. The second kappa shape index (κ2) is 11.0. The van der Waals surface area contributed by atoms with Crippen molar-refractivity contribution in [3.05, 3.63) is 95.3 Å². The van der Waals surface area contributed by atoms with E-state index in [4.69, 9.17) is 4.74 Å². The van der Waals surface area contributed by atoms with Gasteiger partial charge in [-0.05, 0) is 35.7 Å². The van der Waals surface area contributed by atoms with Crippen LogP contribution in [0.2, 0.25) is 0 Å². The van der Waals surface area contributed by atoms with Crippen molar-refractivity contribution in [1.82, 2.24) is 4.57 Å². The molecule has 0 spiro atoms. The van der Waals surface area contributed by atoms with E-state index in [2.05, 4.69) is 66.2 Å². The maximum atomic E-state index is 10.7. The number of rotatable bonds is 11. The highest BCUT2D eigenvalue weighted by molar-refractivity contribution is 5.26. The second-order valence-corrected chi connectivity index (χ2v) is 7.77. The quantitative estimate of drug-likeness (QED) is 0.525. The van der Waals surface area contributed by atoms with Crippen molar-refractivity contribution in [2.45, 2.75) is 32.5 Å². The molecular formula is C25H33N2O2+. The van der Waals surface area contributed by atoms with Gasteiger partial charge in [0, 0.05) is 26.3 Å². The van der Waals surface area contributed by atoms with Crippen LogP contribution in [0.1, 0.15) is 22.4 Å². The molecule has 0 saturated heterocycles. The fourth-order valence-corrected chi connectivity index (χ4v) is 3.79. The SMILES string of the molecule is COCC[NH+](Cc1cccn1Cc1ccccc1C)C[C@H](O)Cc1ccccc1. The van der Waals surface area contributed by atoms with Crippen molar-refractivity contribution in [3.63, 3.8) is 0 Å². The van der Waals surface area contributed by atoms with Crippen molar-refractivity contribution < 1.29 is 14.7 Å². The molecule has 0 aliphatic rings. The maximum Gasteiger partial charge on any atom is 0.118 e. The first-order valence-electron chi connectivity index (χ1n) is 10.4. The molecule has 0 fully saturated rings. The predicted octanol–water partition coefficient (Wildman–Crippen LogP) is 2.48. The number of hydrogen-bond acceptors (Lipinski definition) is 2. The molecule has 4 heteroatoms. The highest BCUT2D eigenvalue weighted by Crippen LogP contribution is 2.11. The van der Waals surface area contributed by atoms with E-state index in [0.29, 0.717) is 19.6 Å². The average molecular weight is 394 g/mol. The number of aliphatic hydroxyl groups excluding tert-OH is 1. The van der Waals surface area contributed by atoms with Crippen LogP contribution in [0.15, 0.2) is 72.9 Å². The largest absolute Gasteiger partial charge is 0.387 e. The minimum absolute atomic E-state index is 0.371. The van der Waals surface area contributed by atoms with Crippen molar-refractivity contribution in [1.29, 1.82) is 0 Å². The van der Waals surface area contributed by atoms with E-state index in [1.807, 2.05) is 18.2 Å². The van der Waals surface area contributed by atoms with Crippen LogP contribution >= 0.6 is 0 Å². The molecule has 2 atom stereocenters. The molecule has 2 aromatic carbocycles. The van der Waals surface area contributed by atoms with E-state index >= 15 is 0 Å². The molecule has 4 nitrogen and oxygen atoms in total. The molecule has 0 aliphatic heterocycles. The van der Waals surface area contributed by atoms with Crippen LogP contribution < -0.4 is 4.90 Å². The smallest absolute Gasteiger partial charge is 0.118 e. The summed E-state index contributed by atoms with van der Waals surface area (Å²) in [6.45, 7) is 6.17. The van der Waals surface area contributed by atoms with Crippen LogP contribution in [0.5, 0.6) is 0 Å². The summed E-state index contributed by atoms with van der Waals surface area (Å²) in [6.07, 6.45) is 2.46. The van der Waals surface area contributed by atoms with Crippen LogP contribution in [-0.4, -0.2) is 42.6 Å². The molecular weight excluding hydrogens is 360 g/mol. The molecule has 1 unspecified atom stereocenters. The van der Waals surface area contributed by atoms with E-state index in [9.17, 15) is 5.11 Å². The standard InChI is InChI=1S/C25H32N2O2/c1-21-9-6-7-12-23(21)18-27-14-8-13-24(27)19-26(15-16-29-2)20-25(28)17-22-10-4-3-5-11-22/h3-14,25,28H,15-20H2,1-2H3/p+1/t25-/m1/s1. The van der Waals surface area contributed by atoms with E-state index in [1.165, 1.54) is 27.3 Å². The zero-order valence-electron chi connectivity index (χ0n) is 17.6. The molecule has 0 amide bonds. The summed E-state index contributed by atoms with van der Waals surface area (Å²) in [4.78, 5) is 1.33. The Morgan fingerprint density at radius 1 is 1.00 bits per heavy atom. The first kappa shape index (κ1) is 21.3. The topological polar surface area (TPSA) is 38.8 Å². The lowest BCUT2D eigenvalue weighted by atomic mass is 10.1. The normalized spacial score (nSPS) is 13.3. The molecule has 0 radical (unpaired) electrons. The Balaban J connectivity index is 1.65. The van der Waals surface area contributed by atoms with Gasteiger partial charge in [-0.1, -0.05) is 54.6 Å². The third-order valence-electron chi connectivity index (χ3n) is 5.45. The Morgan fingerprint density at radius 3 is 2.52 bits per heavy atom. The Bertz CT molecular complexity index is 860. The summed E-state index contributed by atoms with van der Waals surface area (Å²) in [5.74, 6) is 0. The molecule has 0 aliphatic carbocycles. The van der Waals surface area contributed by atoms with E-state index in [1.54, 1.807) is 7.11 Å². The lowest BCUT2D eigenvalue weighted by Gasteiger charge is -2.23. The number of aliphatic hydroxyl groups is 1. The molecule has 154 valence electrons. The minimum atomic E-state index is -0.371. The van der Waals surface area contributed by atoms with Crippen LogP contribution in [0, 0.1) is 6.92 Å². The van der Waals surface area contributed by atoms with Gasteiger partial charge >= 0.3 is 0 Å². The van der Waals surface area contributed by atoms with Crippen LogP contribution in [0.3, 0.4) is 0 Å². The molecule has 29 heavy (non-hydrogen) atoms. The van der Waals surface area contributed by atoms with Crippen LogP contribution in [0.25, 0.3) is 0 Å². The number of aryl methyl sites for hydroxylation is 1. The third-order valence-corrected chi connectivity index (χ3v) is 5.45. The zero-order valence-corrected chi connectivity index (χ0v) is 17.6. The summed E-state index contributed by atoms with van der Waals surface area (Å²) in [6, 6.07) is 23.0. The number of hydrogen-bond donors (Lipinski definition) is 2. The van der Waals surface area contributed by atoms with E-state index in [-0.39, 0.29) is 6.10 Å². The summed E-state index contributed by atoms with van der Waals surface area (Å²) in [5.41, 5.74) is 5.11. The Hall–Kier alpha value is -2.40. The van der Waals surface area contributed by atoms with Gasteiger partial charge in [0.1, 0.15) is 25.7 Å². The second-order valence-electron chi connectivity index (χ2n) is 7.77. The molecule has 2 N–H and O–H groups in total. The number of nitrogens with one attached hydrogen (secondary N) is 1. The minimum Gasteiger partial charge on any atom is -0.387 e. The maximum absolute atomic E-state index is 10.7. The summed E-state index contributed by atoms with van der Waals surface area (Å²) >= 11 is 0. The first-order valence-corrected chi connectivity index (χ1v) is 10.4. The lowest BCUT2D eigenvalue weighted by Crippen LogP contribution is -3.12. The number of quaternary nitrogens is 1. The fraction of sp³-hybridized carbons (Fsp3) is 0.360. The van der Waals surface area contributed by atoms with Crippen molar-refractivity contribution in [2.24, 2.45) is 0 Å². The highest BCUT2D eigenvalue weighted by Gasteiger charge is 2.18. The first-order chi connectivity index (χ1) is 14.2. The zero-order chi connectivity index (χ0) is 20.5. The van der Waals surface area contributed by atoms with E-state index in [0.717, 1.165) is 19.6 Å². The van der Waals surface area contributed by atoms with Gasteiger partial charge < -0.3 is 19.3 Å². The van der Waals surface area contributed by atoms with Gasteiger partial charge in [0.25, 0.3) is 0 Å². The molecule has 1 heterocycles. The molecule has 3 rings (SSSR count). The Kier molecular flexibility index (Phi) is 8.05. The van der Waals surface area contributed by atoms with Crippen molar-refractivity contribution in [2.75, 3.05) is 26.8 Å². The number of methoxy groups -OCH3 is 1. The van der Waals surface area contributed by atoms with Gasteiger partial charge in [0.15, 0.2) is 0 Å². The third kappa shape index (κ3) is 6.57. The molecule has 0 saturated carbocycles. The lowest BCUT2D eigenvalue weighted by molar-refractivity contribution is -0.917. The van der Waals surface area contributed by atoms with Crippen LogP contribution in [0.4, 0.5) is 0 Å². The summed E-state index contributed by atoms with van der Waals surface area (Å²) < 4.78 is 7.64. The van der Waals surface area contributed by atoms with Gasteiger partial charge in [-0.25, -0.2) is 0 Å². The van der Waals surface area contributed by atoms with Crippen molar-refractivity contribution in [3.8, 4) is 0 Å². The summed E-state index contributed by atoms with van der Waals surface area (Å²) in [7, 11) is 1.74.